The molecule has 2 heterocycles. The fraction of sp³-hybridized carbons (Fsp3) is 0.462. The number of alkyl halides is 3. The third kappa shape index (κ3) is 1.82. The Bertz CT molecular complexity index is 555. The molecule has 2 unspecified atom stereocenters. The van der Waals surface area contributed by atoms with Gasteiger partial charge in [0.25, 0.3) is 0 Å². The lowest BCUT2D eigenvalue weighted by Gasteiger charge is -2.27. The Labute approximate surface area is 107 Å². The van der Waals surface area contributed by atoms with Gasteiger partial charge in [-0.15, -0.1) is 0 Å². The van der Waals surface area contributed by atoms with E-state index in [0.717, 1.165) is 6.07 Å². The predicted molar refractivity (Wildman–Crippen MR) is 60.4 cm³/mol. The molecule has 1 aromatic carbocycles. The second kappa shape index (κ2) is 3.72. The number of carbonyl (C=O) groups excluding carboxylic acids is 1. The summed E-state index contributed by atoms with van der Waals surface area (Å²) in [6.07, 6.45) is -4.00. The molecule has 1 N–H and O–H groups in total. The van der Waals surface area contributed by atoms with Crippen LogP contribution >= 0.6 is 0 Å². The van der Waals surface area contributed by atoms with Crippen LogP contribution in [0.25, 0.3) is 0 Å². The molecule has 2 aliphatic rings. The number of morpholine rings is 1. The molecule has 3 nitrogen and oxygen atoms in total. The molecule has 2 fully saturated rings. The van der Waals surface area contributed by atoms with E-state index in [4.69, 9.17) is 4.74 Å². The number of hydrogen-bond acceptors (Lipinski definition) is 3. The summed E-state index contributed by atoms with van der Waals surface area (Å²) in [5.74, 6) is -0.389. The van der Waals surface area contributed by atoms with Crippen LogP contribution in [0.1, 0.15) is 23.1 Å². The Morgan fingerprint density at radius 1 is 1.42 bits per heavy atom. The van der Waals surface area contributed by atoms with Crippen molar-refractivity contribution in [1.29, 1.82) is 0 Å². The quantitative estimate of drug-likeness (QED) is 0.795. The van der Waals surface area contributed by atoms with Gasteiger partial charge in [-0.25, -0.2) is 0 Å². The van der Waals surface area contributed by atoms with Crippen LogP contribution in [0.5, 0.6) is 0 Å². The molecule has 2 aliphatic heterocycles. The summed E-state index contributed by atoms with van der Waals surface area (Å²) < 4.78 is 44.0. The van der Waals surface area contributed by atoms with Crippen LogP contribution in [-0.4, -0.2) is 18.6 Å². The second-order valence-corrected chi connectivity index (χ2v) is 5.08. The van der Waals surface area contributed by atoms with E-state index >= 15 is 0 Å². The summed E-state index contributed by atoms with van der Waals surface area (Å²) in [7, 11) is 0. The monoisotopic (exact) mass is 271 g/mol. The minimum Gasteiger partial charge on any atom is -0.452 e. The Morgan fingerprint density at radius 3 is 2.68 bits per heavy atom. The average Bonchev–Trinajstić information content (AvgIpc) is 2.86. The SMILES string of the molecule is Cc1ccc(C23CNC(C2)C(=O)O3)cc1C(F)(F)F. The lowest BCUT2D eigenvalue weighted by atomic mass is 9.90. The van der Waals surface area contributed by atoms with Crippen LogP contribution < -0.4 is 5.32 Å². The molecule has 0 spiro atoms. The van der Waals surface area contributed by atoms with Crippen molar-refractivity contribution in [2.45, 2.75) is 31.2 Å². The van der Waals surface area contributed by atoms with Crippen LogP contribution in [0.15, 0.2) is 18.2 Å². The van der Waals surface area contributed by atoms with Crippen LogP contribution in [0, 0.1) is 6.92 Å². The smallest absolute Gasteiger partial charge is 0.416 e. The van der Waals surface area contributed by atoms with Gasteiger partial charge in [-0.05, 0) is 24.1 Å². The normalized spacial score (nSPS) is 29.7. The minimum atomic E-state index is -4.40. The fourth-order valence-corrected chi connectivity index (χ4v) is 2.76. The van der Waals surface area contributed by atoms with Crippen molar-refractivity contribution >= 4 is 5.97 Å². The zero-order chi connectivity index (χ0) is 13.8. The lowest BCUT2D eigenvalue weighted by molar-refractivity contribution is -0.153. The van der Waals surface area contributed by atoms with Crippen molar-refractivity contribution in [1.82, 2.24) is 5.32 Å². The highest BCUT2D eigenvalue weighted by atomic mass is 19.4. The third-order valence-corrected chi connectivity index (χ3v) is 3.82. The Balaban J connectivity index is 2.05. The van der Waals surface area contributed by atoms with Crippen molar-refractivity contribution in [3.8, 4) is 0 Å². The molecule has 1 aromatic rings. The maximum Gasteiger partial charge on any atom is 0.416 e. The van der Waals surface area contributed by atoms with Gasteiger partial charge in [0.1, 0.15) is 6.04 Å². The second-order valence-electron chi connectivity index (χ2n) is 5.08. The predicted octanol–water partition coefficient (Wildman–Crippen LogP) is 2.13. The average molecular weight is 271 g/mol. The topological polar surface area (TPSA) is 38.3 Å². The lowest BCUT2D eigenvalue weighted by Crippen LogP contribution is -2.40. The number of ether oxygens (including phenoxy) is 1. The van der Waals surface area contributed by atoms with Gasteiger partial charge in [-0.3, -0.25) is 10.1 Å². The Kier molecular flexibility index (Phi) is 2.44. The number of halogens is 3. The van der Waals surface area contributed by atoms with Gasteiger partial charge >= 0.3 is 12.1 Å². The molecular formula is C13H12F3NO2. The molecule has 6 heteroatoms. The van der Waals surface area contributed by atoms with Crippen molar-refractivity contribution in [3.63, 3.8) is 0 Å². The number of aryl methyl sites for hydroxylation is 1. The summed E-state index contributed by atoms with van der Waals surface area (Å²) in [4.78, 5) is 11.5. The first-order chi connectivity index (χ1) is 8.82. The first kappa shape index (κ1) is 12.5. The molecule has 0 aromatic heterocycles. The van der Waals surface area contributed by atoms with Crippen molar-refractivity contribution < 1.29 is 22.7 Å². The largest absolute Gasteiger partial charge is 0.452 e. The molecule has 0 aliphatic carbocycles. The van der Waals surface area contributed by atoms with Gasteiger partial charge in [0.15, 0.2) is 5.60 Å². The number of nitrogens with one attached hydrogen (secondary N) is 1. The third-order valence-electron chi connectivity index (χ3n) is 3.82. The highest BCUT2D eigenvalue weighted by Crippen LogP contribution is 2.43. The number of esters is 1. The van der Waals surface area contributed by atoms with Gasteiger partial charge in [0, 0.05) is 13.0 Å². The highest BCUT2D eigenvalue weighted by Gasteiger charge is 2.54. The molecular weight excluding hydrogens is 259 g/mol. The first-order valence-corrected chi connectivity index (χ1v) is 5.96. The van der Waals surface area contributed by atoms with E-state index in [1.807, 2.05) is 0 Å². The van der Waals surface area contributed by atoms with Gasteiger partial charge in [-0.2, -0.15) is 13.2 Å². The zero-order valence-electron chi connectivity index (χ0n) is 10.2. The van der Waals surface area contributed by atoms with Gasteiger partial charge in [-0.1, -0.05) is 12.1 Å². The number of hydrogen-bond donors (Lipinski definition) is 1. The van der Waals surface area contributed by atoms with Gasteiger partial charge in [0.2, 0.25) is 0 Å². The van der Waals surface area contributed by atoms with E-state index in [0.29, 0.717) is 18.5 Å². The van der Waals surface area contributed by atoms with Crippen LogP contribution in [-0.2, 0) is 21.3 Å². The molecule has 2 atom stereocenters. The summed E-state index contributed by atoms with van der Waals surface area (Å²) in [6.45, 7) is 1.78. The van der Waals surface area contributed by atoms with E-state index in [2.05, 4.69) is 5.32 Å². The Morgan fingerprint density at radius 2 is 2.16 bits per heavy atom. The Hall–Kier alpha value is -1.56. The minimum absolute atomic E-state index is 0.166. The van der Waals surface area contributed by atoms with E-state index in [9.17, 15) is 18.0 Å². The van der Waals surface area contributed by atoms with Gasteiger partial charge in [0.05, 0.1) is 5.56 Å². The molecule has 19 heavy (non-hydrogen) atoms. The molecule has 0 amide bonds. The molecule has 2 bridgehead atoms. The number of benzene rings is 1. The maximum atomic E-state index is 12.9. The molecule has 0 radical (unpaired) electrons. The van der Waals surface area contributed by atoms with E-state index in [1.165, 1.54) is 13.0 Å². The maximum absolute atomic E-state index is 12.9. The van der Waals surface area contributed by atoms with Crippen molar-refractivity contribution in [3.05, 3.63) is 34.9 Å². The number of rotatable bonds is 1. The first-order valence-electron chi connectivity index (χ1n) is 5.96. The van der Waals surface area contributed by atoms with E-state index in [1.54, 1.807) is 6.07 Å². The summed E-state index contributed by atoms with van der Waals surface area (Å²) in [5, 5.41) is 2.96. The molecule has 2 saturated heterocycles. The molecule has 3 rings (SSSR count). The molecule has 102 valence electrons. The van der Waals surface area contributed by atoms with Gasteiger partial charge < -0.3 is 4.74 Å². The number of carbonyl (C=O) groups is 1. The van der Waals surface area contributed by atoms with Crippen molar-refractivity contribution in [2.75, 3.05) is 6.54 Å². The van der Waals surface area contributed by atoms with Crippen LogP contribution in [0.3, 0.4) is 0 Å². The van der Waals surface area contributed by atoms with Crippen LogP contribution in [0.4, 0.5) is 13.2 Å². The van der Waals surface area contributed by atoms with E-state index in [-0.39, 0.29) is 11.5 Å². The fourth-order valence-electron chi connectivity index (χ4n) is 2.76. The molecule has 0 saturated carbocycles. The van der Waals surface area contributed by atoms with Crippen molar-refractivity contribution in [2.24, 2.45) is 0 Å². The zero-order valence-corrected chi connectivity index (χ0v) is 10.2. The van der Waals surface area contributed by atoms with Crippen LogP contribution in [0.2, 0.25) is 0 Å². The number of fused-ring (bicyclic) bond motifs is 2. The highest BCUT2D eigenvalue weighted by molar-refractivity contribution is 5.80. The van der Waals surface area contributed by atoms with E-state index < -0.39 is 23.4 Å². The standard InChI is InChI=1S/C13H12F3NO2/c1-7-2-3-8(4-9(7)13(14,15)16)12-5-10(17-6-12)11(18)19-12/h2-4,10,17H,5-6H2,1H3. The summed E-state index contributed by atoms with van der Waals surface area (Å²) >= 11 is 0. The summed E-state index contributed by atoms with van der Waals surface area (Å²) in [6, 6.07) is 3.73. The summed E-state index contributed by atoms with van der Waals surface area (Å²) in [5.41, 5.74) is -1.04.